The summed E-state index contributed by atoms with van der Waals surface area (Å²) in [5, 5.41) is 4.54. The van der Waals surface area contributed by atoms with Crippen LogP contribution in [0.5, 0.6) is 17.2 Å². The van der Waals surface area contributed by atoms with Gasteiger partial charge in [0.2, 0.25) is 0 Å². The Bertz CT molecular complexity index is 1070. The highest BCUT2D eigenvalue weighted by atomic mass is 16.5. The molecule has 0 saturated heterocycles. The van der Waals surface area contributed by atoms with Gasteiger partial charge in [-0.05, 0) is 60.0 Å². The summed E-state index contributed by atoms with van der Waals surface area (Å²) in [5.41, 5.74) is 4.51. The maximum Gasteiger partial charge on any atom is 0.272 e. The zero-order chi connectivity index (χ0) is 21.3. The SMILES string of the molecule is COc1ccc(-c2cc(C(=O)N3CCc4cc(OC)c(OC)cc4C3)n(C)n2)cc1. The van der Waals surface area contributed by atoms with Gasteiger partial charge in [0.15, 0.2) is 11.5 Å². The molecule has 156 valence electrons. The van der Waals surface area contributed by atoms with E-state index in [-0.39, 0.29) is 5.91 Å². The third-order valence-electron chi connectivity index (χ3n) is 5.49. The molecule has 30 heavy (non-hydrogen) atoms. The smallest absolute Gasteiger partial charge is 0.272 e. The Kier molecular flexibility index (Phi) is 5.35. The number of hydrogen-bond acceptors (Lipinski definition) is 5. The van der Waals surface area contributed by atoms with Gasteiger partial charge in [-0.1, -0.05) is 0 Å². The van der Waals surface area contributed by atoms with E-state index < -0.39 is 0 Å². The highest BCUT2D eigenvalue weighted by Gasteiger charge is 2.26. The molecule has 4 rings (SSSR count). The lowest BCUT2D eigenvalue weighted by molar-refractivity contribution is 0.0723. The molecule has 1 amide bonds. The molecule has 0 fully saturated rings. The van der Waals surface area contributed by atoms with Crippen molar-refractivity contribution in [2.45, 2.75) is 13.0 Å². The van der Waals surface area contributed by atoms with Crippen molar-refractivity contribution in [2.75, 3.05) is 27.9 Å². The number of ether oxygens (including phenoxy) is 3. The van der Waals surface area contributed by atoms with Gasteiger partial charge >= 0.3 is 0 Å². The number of carbonyl (C=O) groups is 1. The number of amides is 1. The van der Waals surface area contributed by atoms with Crippen LogP contribution in [-0.4, -0.2) is 48.5 Å². The van der Waals surface area contributed by atoms with Crippen molar-refractivity contribution >= 4 is 5.91 Å². The van der Waals surface area contributed by atoms with E-state index in [1.54, 1.807) is 33.1 Å². The molecule has 1 aliphatic heterocycles. The highest BCUT2D eigenvalue weighted by molar-refractivity contribution is 5.94. The highest BCUT2D eigenvalue weighted by Crippen LogP contribution is 2.33. The fourth-order valence-electron chi connectivity index (χ4n) is 3.79. The average Bonchev–Trinajstić information content (AvgIpc) is 3.18. The van der Waals surface area contributed by atoms with Gasteiger partial charge < -0.3 is 19.1 Å². The maximum atomic E-state index is 13.2. The van der Waals surface area contributed by atoms with Gasteiger partial charge in [0, 0.05) is 25.7 Å². The molecule has 7 nitrogen and oxygen atoms in total. The molecule has 0 saturated carbocycles. The third-order valence-corrected chi connectivity index (χ3v) is 5.49. The lowest BCUT2D eigenvalue weighted by Crippen LogP contribution is -2.36. The Hall–Kier alpha value is -3.48. The monoisotopic (exact) mass is 407 g/mol. The Morgan fingerprint density at radius 3 is 2.23 bits per heavy atom. The van der Waals surface area contributed by atoms with E-state index in [0.29, 0.717) is 30.3 Å². The van der Waals surface area contributed by atoms with E-state index in [4.69, 9.17) is 14.2 Å². The quantitative estimate of drug-likeness (QED) is 0.649. The molecular weight excluding hydrogens is 382 g/mol. The summed E-state index contributed by atoms with van der Waals surface area (Å²) < 4.78 is 17.7. The van der Waals surface area contributed by atoms with Crippen molar-refractivity contribution in [3.05, 3.63) is 59.3 Å². The average molecular weight is 407 g/mol. The molecule has 0 aliphatic carbocycles. The number of fused-ring (bicyclic) bond motifs is 1. The number of rotatable bonds is 5. The van der Waals surface area contributed by atoms with Crippen molar-refractivity contribution in [3.8, 4) is 28.5 Å². The number of benzene rings is 2. The molecule has 1 aromatic heterocycles. The van der Waals surface area contributed by atoms with Crippen molar-refractivity contribution in [3.63, 3.8) is 0 Å². The number of aromatic nitrogens is 2. The van der Waals surface area contributed by atoms with E-state index >= 15 is 0 Å². The van der Waals surface area contributed by atoms with Crippen LogP contribution in [0.15, 0.2) is 42.5 Å². The molecule has 0 spiro atoms. The van der Waals surface area contributed by atoms with Crippen LogP contribution >= 0.6 is 0 Å². The van der Waals surface area contributed by atoms with Gasteiger partial charge in [-0.25, -0.2) is 0 Å². The summed E-state index contributed by atoms with van der Waals surface area (Å²) in [5.74, 6) is 2.13. The number of hydrogen-bond donors (Lipinski definition) is 0. The molecule has 3 aromatic rings. The Labute approximate surface area is 175 Å². The van der Waals surface area contributed by atoms with E-state index in [1.165, 1.54) is 5.56 Å². The molecule has 0 unspecified atom stereocenters. The van der Waals surface area contributed by atoms with Crippen LogP contribution in [0.2, 0.25) is 0 Å². The van der Waals surface area contributed by atoms with E-state index in [9.17, 15) is 4.79 Å². The van der Waals surface area contributed by atoms with Gasteiger partial charge in [-0.15, -0.1) is 0 Å². The molecule has 2 heterocycles. The maximum absolute atomic E-state index is 13.2. The lowest BCUT2D eigenvalue weighted by Gasteiger charge is -2.29. The van der Waals surface area contributed by atoms with Gasteiger partial charge in [-0.2, -0.15) is 5.10 Å². The predicted molar refractivity (Wildman–Crippen MR) is 113 cm³/mol. The molecule has 0 bridgehead atoms. The number of methoxy groups -OCH3 is 3. The van der Waals surface area contributed by atoms with E-state index in [2.05, 4.69) is 5.10 Å². The standard InChI is InChI=1S/C23H25N3O4/c1-25-20(13-19(24-25)15-5-7-18(28-2)8-6-15)23(27)26-10-9-16-11-21(29-3)22(30-4)12-17(16)14-26/h5-8,11-13H,9-10,14H2,1-4H3. The first-order valence-corrected chi connectivity index (χ1v) is 9.75. The molecule has 0 radical (unpaired) electrons. The van der Waals surface area contributed by atoms with E-state index in [1.807, 2.05) is 47.4 Å². The van der Waals surface area contributed by atoms with Crippen LogP contribution in [0.1, 0.15) is 21.6 Å². The fraction of sp³-hybridized carbons (Fsp3) is 0.304. The second-order valence-corrected chi connectivity index (χ2v) is 7.22. The van der Waals surface area contributed by atoms with Gasteiger partial charge in [0.05, 0.1) is 27.0 Å². The summed E-state index contributed by atoms with van der Waals surface area (Å²) in [7, 11) is 6.68. The van der Waals surface area contributed by atoms with Gasteiger partial charge in [0.25, 0.3) is 5.91 Å². The van der Waals surface area contributed by atoms with Crippen LogP contribution in [0.3, 0.4) is 0 Å². The first-order chi connectivity index (χ1) is 14.5. The normalized spacial score (nSPS) is 13.0. The molecule has 0 N–H and O–H groups in total. The summed E-state index contributed by atoms with van der Waals surface area (Å²) in [6.45, 7) is 1.17. The van der Waals surface area contributed by atoms with Gasteiger partial charge in [-0.3, -0.25) is 9.48 Å². The predicted octanol–water partition coefficient (Wildman–Crippen LogP) is 3.31. The minimum Gasteiger partial charge on any atom is -0.497 e. The van der Waals surface area contributed by atoms with Crippen LogP contribution < -0.4 is 14.2 Å². The van der Waals surface area contributed by atoms with Crippen molar-refractivity contribution in [1.82, 2.24) is 14.7 Å². The number of nitrogens with zero attached hydrogens (tertiary/aromatic N) is 3. The third kappa shape index (κ3) is 3.58. The largest absolute Gasteiger partial charge is 0.497 e. The second kappa shape index (κ2) is 8.10. The first kappa shape index (κ1) is 19.8. The lowest BCUT2D eigenvalue weighted by atomic mass is 9.98. The first-order valence-electron chi connectivity index (χ1n) is 9.75. The second-order valence-electron chi connectivity index (χ2n) is 7.22. The van der Waals surface area contributed by atoms with Crippen molar-refractivity contribution in [1.29, 1.82) is 0 Å². The summed E-state index contributed by atoms with van der Waals surface area (Å²) in [6, 6.07) is 13.4. The Morgan fingerprint density at radius 1 is 0.933 bits per heavy atom. The molecule has 1 aliphatic rings. The number of carbonyl (C=O) groups excluding carboxylic acids is 1. The van der Waals surface area contributed by atoms with Crippen LogP contribution in [0, 0.1) is 0 Å². The minimum atomic E-state index is -0.0369. The van der Waals surface area contributed by atoms with E-state index in [0.717, 1.165) is 29.0 Å². The Morgan fingerprint density at radius 2 is 1.60 bits per heavy atom. The van der Waals surface area contributed by atoms with Crippen LogP contribution in [0.4, 0.5) is 0 Å². The topological polar surface area (TPSA) is 65.8 Å². The van der Waals surface area contributed by atoms with Crippen LogP contribution in [0.25, 0.3) is 11.3 Å². The molecule has 0 atom stereocenters. The molecule has 7 heteroatoms. The molecular formula is C23H25N3O4. The minimum absolute atomic E-state index is 0.0369. The Balaban J connectivity index is 1.57. The van der Waals surface area contributed by atoms with Gasteiger partial charge in [0.1, 0.15) is 11.4 Å². The van der Waals surface area contributed by atoms with Crippen molar-refractivity contribution < 1.29 is 19.0 Å². The summed E-state index contributed by atoms with van der Waals surface area (Å²) in [4.78, 5) is 15.1. The zero-order valence-electron chi connectivity index (χ0n) is 17.6. The summed E-state index contributed by atoms with van der Waals surface area (Å²) >= 11 is 0. The number of aryl methyl sites for hydroxylation is 1. The summed E-state index contributed by atoms with van der Waals surface area (Å²) in [6.07, 6.45) is 0.768. The van der Waals surface area contributed by atoms with Crippen molar-refractivity contribution in [2.24, 2.45) is 7.05 Å². The molecule has 2 aromatic carbocycles. The fourth-order valence-corrected chi connectivity index (χ4v) is 3.79. The zero-order valence-corrected chi connectivity index (χ0v) is 17.6. The van der Waals surface area contributed by atoms with Crippen LogP contribution in [-0.2, 0) is 20.0 Å².